The second kappa shape index (κ2) is 11.3. The van der Waals surface area contributed by atoms with E-state index < -0.39 is 6.04 Å². The van der Waals surface area contributed by atoms with E-state index in [0.717, 1.165) is 28.4 Å². The molecule has 0 saturated carbocycles. The first-order valence-electron chi connectivity index (χ1n) is 12.8. The number of hydrogen-bond acceptors (Lipinski definition) is 5. The van der Waals surface area contributed by atoms with Crippen LogP contribution in [-0.2, 0) is 9.53 Å². The Morgan fingerprint density at radius 2 is 1.39 bits per heavy atom. The third kappa shape index (κ3) is 5.14. The molecule has 0 radical (unpaired) electrons. The van der Waals surface area contributed by atoms with Crippen molar-refractivity contribution in [2.75, 3.05) is 24.4 Å². The van der Waals surface area contributed by atoms with E-state index >= 15 is 0 Å². The molecule has 5 nitrogen and oxygen atoms in total. The van der Waals surface area contributed by atoms with Crippen LogP contribution in [0.4, 0.5) is 11.4 Å². The van der Waals surface area contributed by atoms with Crippen molar-refractivity contribution < 1.29 is 14.3 Å². The summed E-state index contributed by atoms with van der Waals surface area (Å²) in [6, 6.07) is 36.4. The van der Waals surface area contributed by atoms with Crippen molar-refractivity contribution in [1.29, 1.82) is 0 Å². The van der Waals surface area contributed by atoms with Gasteiger partial charge in [-0.3, -0.25) is 0 Å². The fourth-order valence-corrected chi connectivity index (χ4v) is 5.15. The maximum Gasteiger partial charge on any atom is 0.337 e. The van der Waals surface area contributed by atoms with Crippen LogP contribution in [0, 0.1) is 6.92 Å². The van der Waals surface area contributed by atoms with Gasteiger partial charge < -0.3 is 19.7 Å². The van der Waals surface area contributed by atoms with Crippen LogP contribution < -0.4 is 15.0 Å². The molecule has 2 atom stereocenters. The first-order valence-corrected chi connectivity index (χ1v) is 12.8. The molecular formula is C33H32N2O3. The summed E-state index contributed by atoms with van der Waals surface area (Å²) in [5.74, 6) is 0.407. The number of ether oxygens (including phenoxy) is 2. The van der Waals surface area contributed by atoms with E-state index in [1.54, 1.807) is 7.11 Å². The van der Waals surface area contributed by atoms with Gasteiger partial charge in [-0.1, -0.05) is 78.4 Å². The summed E-state index contributed by atoms with van der Waals surface area (Å²) in [7, 11) is 3.10. The summed E-state index contributed by atoms with van der Waals surface area (Å²) in [6.07, 6.45) is 0.601. The zero-order valence-electron chi connectivity index (χ0n) is 21.9. The maximum atomic E-state index is 13.6. The van der Waals surface area contributed by atoms with Gasteiger partial charge in [-0.2, -0.15) is 0 Å². The molecule has 0 amide bonds. The highest BCUT2D eigenvalue weighted by molar-refractivity contribution is 5.93. The Morgan fingerprint density at radius 1 is 0.789 bits per heavy atom. The number of nitrogens with zero attached hydrogens (tertiary/aromatic N) is 1. The van der Waals surface area contributed by atoms with Crippen LogP contribution in [0.1, 0.15) is 35.2 Å². The molecule has 0 aromatic heterocycles. The molecule has 192 valence electrons. The van der Waals surface area contributed by atoms with E-state index in [0.29, 0.717) is 12.0 Å². The Morgan fingerprint density at radius 3 is 2.00 bits per heavy atom. The first kappa shape index (κ1) is 25.2. The van der Waals surface area contributed by atoms with Gasteiger partial charge in [0.2, 0.25) is 0 Å². The normalized spacial score (nSPS) is 17.2. The minimum atomic E-state index is -0.401. The molecule has 38 heavy (non-hydrogen) atoms. The second-order valence-electron chi connectivity index (χ2n) is 9.42. The Bertz CT molecular complexity index is 1400. The Kier molecular flexibility index (Phi) is 7.45. The van der Waals surface area contributed by atoms with E-state index in [2.05, 4.69) is 53.5 Å². The molecule has 0 bridgehead atoms. The number of carbonyl (C=O) groups excluding carboxylic acids is 1. The molecule has 2 unspecified atom stereocenters. The van der Waals surface area contributed by atoms with Crippen molar-refractivity contribution >= 4 is 17.3 Å². The van der Waals surface area contributed by atoms with Gasteiger partial charge in [0, 0.05) is 23.5 Å². The van der Waals surface area contributed by atoms with E-state index in [1.165, 1.54) is 18.2 Å². The lowest BCUT2D eigenvalue weighted by atomic mass is 9.84. The highest BCUT2D eigenvalue weighted by atomic mass is 16.5. The van der Waals surface area contributed by atoms with Gasteiger partial charge in [0.05, 0.1) is 31.9 Å². The predicted molar refractivity (Wildman–Crippen MR) is 152 cm³/mol. The largest absolute Gasteiger partial charge is 0.497 e. The molecule has 1 N–H and O–H groups in total. The van der Waals surface area contributed by atoms with Gasteiger partial charge in [0.25, 0.3) is 0 Å². The monoisotopic (exact) mass is 504 g/mol. The zero-order valence-corrected chi connectivity index (χ0v) is 21.9. The summed E-state index contributed by atoms with van der Waals surface area (Å²) in [4.78, 5) is 15.9. The molecule has 0 fully saturated rings. The number of anilines is 2. The first-order chi connectivity index (χ1) is 18.6. The van der Waals surface area contributed by atoms with Gasteiger partial charge in [0.1, 0.15) is 5.75 Å². The average molecular weight is 505 g/mol. The third-order valence-electron chi connectivity index (χ3n) is 7.03. The second-order valence-corrected chi connectivity index (χ2v) is 9.42. The van der Waals surface area contributed by atoms with Crippen LogP contribution in [0.15, 0.2) is 120 Å². The van der Waals surface area contributed by atoms with E-state index in [4.69, 9.17) is 9.47 Å². The fraction of sp³-hybridized carbons (Fsp3) is 0.182. The van der Waals surface area contributed by atoms with Gasteiger partial charge in [-0.15, -0.1) is 0 Å². The van der Waals surface area contributed by atoms with Crippen molar-refractivity contribution in [2.45, 2.75) is 25.4 Å². The minimum Gasteiger partial charge on any atom is -0.497 e. The summed E-state index contributed by atoms with van der Waals surface area (Å²) in [5.41, 5.74) is 6.74. The van der Waals surface area contributed by atoms with Crippen molar-refractivity contribution in [3.05, 3.63) is 137 Å². The van der Waals surface area contributed by atoms with E-state index in [-0.39, 0.29) is 12.0 Å². The number of para-hydroxylation sites is 2. The average Bonchev–Trinajstić information content (AvgIpc) is 2.97. The highest BCUT2D eigenvalue weighted by Gasteiger charge is 2.41. The van der Waals surface area contributed by atoms with E-state index in [1.807, 2.05) is 72.8 Å². The molecule has 0 aliphatic carbocycles. The van der Waals surface area contributed by atoms with Crippen LogP contribution >= 0.6 is 0 Å². The zero-order chi connectivity index (χ0) is 26.5. The number of aryl methyl sites for hydroxylation is 1. The number of hydrogen-bond donors (Lipinski definition) is 1. The van der Waals surface area contributed by atoms with E-state index in [9.17, 15) is 4.79 Å². The van der Waals surface area contributed by atoms with Gasteiger partial charge >= 0.3 is 5.97 Å². The third-order valence-corrected chi connectivity index (χ3v) is 7.03. The molecule has 0 spiro atoms. The molecule has 1 aliphatic rings. The number of carbonyl (C=O) groups is 1. The Hall–Kier alpha value is -4.51. The summed E-state index contributed by atoms with van der Waals surface area (Å²) < 4.78 is 10.8. The van der Waals surface area contributed by atoms with Gasteiger partial charge in [-0.25, -0.2) is 4.79 Å². The molecular weight excluding hydrogens is 472 g/mol. The summed E-state index contributed by atoms with van der Waals surface area (Å²) >= 11 is 0. The lowest BCUT2D eigenvalue weighted by Gasteiger charge is -2.46. The highest BCUT2D eigenvalue weighted by Crippen LogP contribution is 2.48. The maximum absolute atomic E-state index is 13.6. The molecule has 5 heteroatoms. The van der Waals surface area contributed by atoms with Crippen LogP contribution in [0.5, 0.6) is 5.75 Å². The summed E-state index contributed by atoms with van der Waals surface area (Å²) in [5, 5.41) is 3.58. The topological polar surface area (TPSA) is 50.8 Å². The Balaban J connectivity index is 1.76. The van der Waals surface area contributed by atoms with Crippen LogP contribution in [0.3, 0.4) is 0 Å². The van der Waals surface area contributed by atoms with Gasteiger partial charge in [-0.05, 0) is 54.4 Å². The van der Waals surface area contributed by atoms with Crippen LogP contribution in [0.25, 0.3) is 0 Å². The van der Waals surface area contributed by atoms with Crippen LogP contribution in [0.2, 0.25) is 0 Å². The lowest BCUT2D eigenvalue weighted by molar-refractivity contribution is -0.136. The Labute approximate surface area is 224 Å². The quantitative estimate of drug-likeness (QED) is 0.269. The molecule has 5 rings (SSSR count). The van der Waals surface area contributed by atoms with Gasteiger partial charge in [0.15, 0.2) is 0 Å². The molecule has 1 aliphatic heterocycles. The number of benzene rings is 4. The lowest BCUT2D eigenvalue weighted by Crippen LogP contribution is -2.41. The molecule has 4 aromatic rings. The summed E-state index contributed by atoms with van der Waals surface area (Å²) in [6.45, 7) is 2.09. The number of rotatable bonds is 7. The van der Waals surface area contributed by atoms with Crippen molar-refractivity contribution in [1.82, 2.24) is 0 Å². The minimum absolute atomic E-state index is 0.0373. The predicted octanol–water partition coefficient (Wildman–Crippen LogP) is 7.24. The fourth-order valence-electron chi connectivity index (χ4n) is 5.15. The molecule has 0 saturated heterocycles. The number of methoxy groups -OCH3 is 2. The van der Waals surface area contributed by atoms with Crippen molar-refractivity contribution in [3.8, 4) is 5.75 Å². The number of esters is 1. The molecule has 1 heterocycles. The smallest absolute Gasteiger partial charge is 0.337 e. The SMILES string of the molecule is COC(=O)C1=C(Nc2ccccc2)CC(c2ccc(C)cc2)N(c2ccccc2)C1c1ccc(OC)cc1. The molecule has 4 aromatic carbocycles. The number of nitrogens with one attached hydrogen (secondary N) is 1. The van der Waals surface area contributed by atoms with Crippen molar-refractivity contribution in [2.24, 2.45) is 0 Å². The van der Waals surface area contributed by atoms with Crippen molar-refractivity contribution in [3.63, 3.8) is 0 Å². The standard InChI is InChI=1S/C33H32N2O3/c1-23-14-16-24(17-15-23)30-22-29(34-26-10-6-4-7-11-26)31(33(36)38-3)32(25-18-20-28(37-2)21-19-25)35(30)27-12-8-5-9-13-27/h4-21,30,32,34H,22H2,1-3H3. The van der Waals surface area contributed by atoms with Crippen LogP contribution in [-0.4, -0.2) is 20.2 Å².